The maximum Gasteiger partial charge on any atom is 0.409 e. The van der Waals surface area contributed by atoms with E-state index < -0.39 is 0 Å². The molecule has 5 heterocycles. The molecule has 2 fully saturated rings. The Bertz CT molecular complexity index is 1080. The average Bonchev–Trinajstić information content (AvgIpc) is 3.44. The topological polar surface area (TPSA) is 71.1 Å². The second-order valence-corrected chi connectivity index (χ2v) is 8.98. The molecule has 0 atom stereocenters. The molecule has 0 unspecified atom stereocenters. The minimum absolute atomic E-state index is 0.176. The largest absolute Gasteiger partial charge is 0.449 e. The SMILES string of the molecule is CN1CCC(COC(=O)N2CCN(c3cnn4cc(-c5cnn(C)c5)ccc34)CC2)CC1. The Balaban J connectivity index is 1.17. The van der Waals surface area contributed by atoms with Gasteiger partial charge in [0, 0.05) is 56.7 Å². The van der Waals surface area contributed by atoms with E-state index in [1.165, 1.54) is 0 Å². The molecular formula is C23H31N7O2. The van der Waals surface area contributed by atoms with Crippen molar-refractivity contribution in [1.82, 2.24) is 29.2 Å². The second-order valence-electron chi connectivity index (χ2n) is 8.98. The minimum Gasteiger partial charge on any atom is -0.449 e. The lowest BCUT2D eigenvalue weighted by Crippen LogP contribution is -2.49. The van der Waals surface area contributed by atoms with Gasteiger partial charge in [0.1, 0.15) is 0 Å². The average molecular weight is 438 g/mol. The van der Waals surface area contributed by atoms with Crippen molar-refractivity contribution in [3.63, 3.8) is 0 Å². The fourth-order valence-electron chi connectivity index (χ4n) is 4.59. The van der Waals surface area contributed by atoms with Crippen molar-refractivity contribution in [3.05, 3.63) is 36.9 Å². The summed E-state index contributed by atoms with van der Waals surface area (Å²) in [6, 6.07) is 4.21. The third kappa shape index (κ3) is 4.29. The normalized spacial score (nSPS) is 18.4. The smallest absolute Gasteiger partial charge is 0.409 e. The highest BCUT2D eigenvalue weighted by Crippen LogP contribution is 2.26. The number of pyridine rings is 1. The van der Waals surface area contributed by atoms with Gasteiger partial charge in [-0.2, -0.15) is 10.2 Å². The van der Waals surface area contributed by atoms with Crippen LogP contribution in [0, 0.1) is 5.92 Å². The summed E-state index contributed by atoms with van der Waals surface area (Å²) in [5.41, 5.74) is 4.31. The van der Waals surface area contributed by atoms with Crippen molar-refractivity contribution in [3.8, 4) is 11.1 Å². The third-order valence-corrected chi connectivity index (χ3v) is 6.69. The Morgan fingerprint density at radius 1 is 0.969 bits per heavy atom. The number of ether oxygens (including phenoxy) is 1. The molecule has 2 saturated heterocycles. The van der Waals surface area contributed by atoms with Gasteiger partial charge in [0.2, 0.25) is 0 Å². The Labute approximate surface area is 188 Å². The number of aromatic nitrogens is 4. The molecular weight excluding hydrogens is 406 g/mol. The van der Waals surface area contributed by atoms with E-state index in [-0.39, 0.29) is 6.09 Å². The molecule has 3 aromatic rings. The van der Waals surface area contributed by atoms with Gasteiger partial charge in [-0.3, -0.25) is 4.68 Å². The van der Waals surface area contributed by atoms with E-state index in [1.807, 2.05) is 41.3 Å². The molecule has 0 saturated carbocycles. The van der Waals surface area contributed by atoms with Crippen LogP contribution in [0.5, 0.6) is 0 Å². The van der Waals surface area contributed by atoms with Crippen molar-refractivity contribution in [2.75, 3.05) is 57.8 Å². The lowest BCUT2D eigenvalue weighted by molar-refractivity contribution is 0.0716. The predicted molar refractivity (Wildman–Crippen MR) is 123 cm³/mol. The first-order chi connectivity index (χ1) is 15.6. The number of fused-ring (bicyclic) bond motifs is 1. The summed E-state index contributed by atoms with van der Waals surface area (Å²) in [5.74, 6) is 0.492. The highest BCUT2D eigenvalue weighted by Gasteiger charge is 2.25. The van der Waals surface area contributed by atoms with Crippen LogP contribution in [0.1, 0.15) is 12.8 Å². The molecule has 9 nitrogen and oxygen atoms in total. The van der Waals surface area contributed by atoms with Gasteiger partial charge in [0.05, 0.1) is 30.2 Å². The van der Waals surface area contributed by atoms with Gasteiger partial charge in [-0.05, 0) is 45.0 Å². The second kappa shape index (κ2) is 8.82. The van der Waals surface area contributed by atoms with Gasteiger partial charge in [0.15, 0.2) is 0 Å². The molecule has 32 heavy (non-hydrogen) atoms. The maximum atomic E-state index is 12.5. The Morgan fingerprint density at radius 2 is 1.75 bits per heavy atom. The monoisotopic (exact) mass is 437 g/mol. The van der Waals surface area contributed by atoms with Gasteiger partial charge in [0.25, 0.3) is 0 Å². The van der Waals surface area contributed by atoms with Crippen LogP contribution >= 0.6 is 0 Å². The molecule has 3 aromatic heterocycles. The van der Waals surface area contributed by atoms with Gasteiger partial charge < -0.3 is 19.4 Å². The first-order valence-electron chi connectivity index (χ1n) is 11.4. The molecule has 0 aliphatic carbocycles. The van der Waals surface area contributed by atoms with E-state index >= 15 is 0 Å². The van der Waals surface area contributed by atoms with Gasteiger partial charge in [-0.1, -0.05) is 6.07 Å². The third-order valence-electron chi connectivity index (χ3n) is 6.69. The van der Waals surface area contributed by atoms with Crippen molar-refractivity contribution in [2.24, 2.45) is 13.0 Å². The van der Waals surface area contributed by atoms with Crippen LogP contribution in [0.3, 0.4) is 0 Å². The molecule has 0 radical (unpaired) electrons. The highest BCUT2D eigenvalue weighted by molar-refractivity contribution is 5.76. The molecule has 1 amide bonds. The van der Waals surface area contributed by atoms with Crippen LogP contribution in [-0.4, -0.2) is 88.2 Å². The van der Waals surface area contributed by atoms with Crippen molar-refractivity contribution >= 4 is 17.3 Å². The van der Waals surface area contributed by atoms with E-state index in [2.05, 4.69) is 39.2 Å². The van der Waals surface area contributed by atoms with E-state index in [0.717, 1.165) is 61.4 Å². The first kappa shape index (κ1) is 20.8. The van der Waals surface area contributed by atoms with Crippen molar-refractivity contribution < 1.29 is 9.53 Å². The van der Waals surface area contributed by atoms with Crippen LogP contribution < -0.4 is 4.90 Å². The molecule has 5 rings (SSSR count). The Kier molecular flexibility index (Phi) is 5.73. The van der Waals surface area contributed by atoms with Crippen LogP contribution in [0.15, 0.2) is 36.9 Å². The van der Waals surface area contributed by atoms with E-state index in [0.29, 0.717) is 25.6 Å². The molecule has 2 aliphatic rings. The number of hydrogen-bond acceptors (Lipinski definition) is 6. The number of piperidine rings is 1. The molecule has 170 valence electrons. The molecule has 0 spiro atoms. The quantitative estimate of drug-likeness (QED) is 0.624. The summed E-state index contributed by atoms with van der Waals surface area (Å²) in [4.78, 5) is 19.0. The zero-order valence-corrected chi connectivity index (χ0v) is 18.9. The highest BCUT2D eigenvalue weighted by atomic mass is 16.6. The maximum absolute atomic E-state index is 12.5. The van der Waals surface area contributed by atoms with E-state index in [4.69, 9.17) is 4.74 Å². The summed E-state index contributed by atoms with van der Waals surface area (Å²) in [7, 11) is 4.06. The molecule has 0 N–H and O–H groups in total. The Morgan fingerprint density at radius 3 is 2.47 bits per heavy atom. The van der Waals surface area contributed by atoms with Gasteiger partial charge in [-0.25, -0.2) is 9.31 Å². The lowest BCUT2D eigenvalue weighted by atomic mass is 9.98. The van der Waals surface area contributed by atoms with Crippen LogP contribution in [-0.2, 0) is 11.8 Å². The number of piperazine rings is 1. The minimum atomic E-state index is -0.176. The summed E-state index contributed by atoms with van der Waals surface area (Å²) < 4.78 is 9.35. The van der Waals surface area contributed by atoms with Crippen LogP contribution in [0.2, 0.25) is 0 Å². The van der Waals surface area contributed by atoms with Gasteiger partial charge in [-0.15, -0.1) is 0 Å². The number of carbonyl (C=O) groups excluding carboxylic acids is 1. The zero-order valence-electron chi connectivity index (χ0n) is 18.9. The van der Waals surface area contributed by atoms with E-state index in [9.17, 15) is 4.79 Å². The zero-order chi connectivity index (χ0) is 22.1. The lowest BCUT2D eigenvalue weighted by Gasteiger charge is -2.35. The summed E-state index contributed by atoms with van der Waals surface area (Å²) >= 11 is 0. The van der Waals surface area contributed by atoms with Crippen LogP contribution in [0.4, 0.5) is 10.5 Å². The fraction of sp³-hybridized carbons (Fsp3) is 0.522. The van der Waals surface area contributed by atoms with E-state index in [1.54, 1.807) is 4.68 Å². The standard InChI is InChI=1S/C23H31N7O2/c1-26-7-5-18(6-8-26)17-32-23(31)29-11-9-28(10-12-29)22-14-25-30-16-19(3-4-21(22)30)20-13-24-27(2)15-20/h3-4,13-16,18H,5-12,17H2,1-2H3. The number of carbonyl (C=O) groups is 1. The van der Waals surface area contributed by atoms with Crippen molar-refractivity contribution in [1.29, 1.82) is 0 Å². The summed E-state index contributed by atoms with van der Waals surface area (Å²) in [6.07, 6.45) is 9.84. The Hall–Kier alpha value is -3.07. The number of hydrogen-bond donors (Lipinski definition) is 0. The number of amides is 1. The number of rotatable bonds is 4. The number of aryl methyl sites for hydroxylation is 1. The molecule has 0 bridgehead atoms. The summed E-state index contributed by atoms with van der Waals surface area (Å²) in [5, 5.41) is 8.82. The van der Waals surface area contributed by atoms with Crippen LogP contribution in [0.25, 0.3) is 16.6 Å². The fourth-order valence-corrected chi connectivity index (χ4v) is 4.59. The summed E-state index contributed by atoms with van der Waals surface area (Å²) in [6.45, 7) is 5.59. The van der Waals surface area contributed by atoms with Gasteiger partial charge >= 0.3 is 6.09 Å². The predicted octanol–water partition coefficient (Wildman–Crippen LogP) is 2.34. The molecule has 9 heteroatoms. The first-order valence-corrected chi connectivity index (χ1v) is 11.4. The molecule has 0 aromatic carbocycles. The number of nitrogens with zero attached hydrogens (tertiary/aromatic N) is 7. The number of likely N-dealkylation sites (tertiary alicyclic amines) is 1. The number of anilines is 1. The van der Waals surface area contributed by atoms with Crippen molar-refractivity contribution in [2.45, 2.75) is 12.8 Å². The molecule has 2 aliphatic heterocycles.